The Morgan fingerprint density at radius 1 is 0.921 bits per heavy atom. The van der Waals surface area contributed by atoms with E-state index < -0.39 is 0 Å². The van der Waals surface area contributed by atoms with Crippen molar-refractivity contribution < 1.29 is 0 Å². The standard InChI is InChI=1S/C22H28N2.C10H16.2C2H6/c1-6-9-10-13-18(4)22(23-5)17-24-16-20(8-3)21-15-12-11-14-19(21)7-2;1-5-7-8-10(6-2)9(3)4;2*1-2/h6-15,24H,3,5,16-17H2,1-2,4H3;5-9H,1H2,2-4H3;2*1-2H3/b9-6-,13-10-,19-7-,21-20+,22-18+;8-7-,10-6+;;. The molecule has 0 spiro atoms. The Morgan fingerprint density at radius 2 is 1.55 bits per heavy atom. The fourth-order valence-corrected chi connectivity index (χ4v) is 3.16. The molecule has 0 amide bonds. The predicted octanol–water partition coefficient (Wildman–Crippen LogP) is 8.90. The Morgan fingerprint density at radius 3 is 2.03 bits per heavy atom. The number of hydrogen-bond acceptors (Lipinski definition) is 2. The summed E-state index contributed by atoms with van der Waals surface area (Å²) < 4.78 is 0. The van der Waals surface area contributed by atoms with Crippen LogP contribution in [0.1, 0.15) is 69.2 Å². The second kappa shape index (κ2) is 28.3. The molecule has 1 aromatic rings. The zero-order valence-corrected chi connectivity index (χ0v) is 26.1. The van der Waals surface area contributed by atoms with Crippen molar-refractivity contribution in [1.82, 2.24) is 5.32 Å². The van der Waals surface area contributed by atoms with E-state index in [1.54, 1.807) is 6.08 Å². The van der Waals surface area contributed by atoms with Gasteiger partial charge in [0.15, 0.2) is 0 Å². The first-order chi connectivity index (χ1) is 18.4. The normalized spacial score (nSPS) is 13.1. The summed E-state index contributed by atoms with van der Waals surface area (Å²) in [5.74, 6) is 0.612. The van der Waals surface area contributed by atoms with Crippen molar-refractivity contribution in [3.8, 4) is 0 Å². The summed E-state index contributed by atoms with van der Waals surface area (Å²) in [5.41, 5.74) is 4.60. The summed E-state index contributed by atoms with van der Waals surface area (Å²) >= 11 is 0. The summed E-state index contributed by atoms with van der Waals surface area (Å²) in [7, 11) is 0. The van der Waals surface area contributed by atoms with Crippen molar-refractivity contribution in [2.24, 2.45) is 10.9 Å². The van der Waals surface area contributed by atoms with Crippen LogP contribution < -0.4 is 15.8 Å². The van der Waals surface area contributed by atoms with Crippen molar-refractivity contribution in [3.05, 3.63) is 119 Å². The Hall–Kier alpha value is -3.23. The summed E-state index contributed by atoms with van der Waals surface area (Å²) in [5, 5.41) is 5.87. The van der Waals surface area contributed by atoms with Crippen molar-refractivity contribution >= 4 is 18.4 Å². The second-order valence-corrected chi connectivity index (χ2v) is 7.92. The van der Waals surface area contributed by atoms with Crippen molar-refractivity contribution in [3.63, 3.8) is 0 Å². The maximum Gasteiger partial charge on any atom is 0.0563 e. The molecule has 0 unspecified atom stereocenters. The first kappa shape index (κ1) is 39.3. The van der Waals surface area contributed by atoms with Gasteiger partial charge in [0.05, 0.1) is 5.70 Å². The molecule has 0 bridgehead atoms. The minimum absolute atomic E-state index is 0.612. The molecule has 1 aromatic carbocycles. The molecule has 210 valence electrons. The van der Waals surface area contributed by atoms with Gasteiger partial charge in [0.25, 0.3) is 0 Å². The third-order valence-electron chi connectivity index (χ3n) is 5.19. The SMILES string of the molecule is C=C/C(CNC\C(N=C)=C(C)/C=C\C=C/C)=c1/cccc/c1=C/C.C=C/C=C\C(=C/C)C(C)C.CC.CC. The highest BCUT2D eigenvalue weighted by Gasteiger charge is 2.00. The van der Waals surface area contributed by atoms with Crippen LogP contribution >= 0.6 is 0 Å². The summed E-state index contributed by atoms with van der Waals surface area (Å²) in [4.78, 5) is 4.15. The summed E-state index contributed by atoms with van der Waals surface area (Å²) in [6.45, 7) is 33.2. The number of nitrogens with zero attached hydrogens (tertiary/aromatic N) is 1. The molecular formula is C36H56N2. The van der Waals surface area contributed by atoms with E-state index in [0.717, 1.165) is 17.8 Å². The molecule has 1 N–H and O–H groups in total. The molecule has 0 saturated heterocycles. The van der Waals surface area contributed by atoms with Gasteiger partial charge < -0.3 is 5.32 Å². The maximum absolute atomic E-state index is 4.15. The fraction of sp³-hybridized carbons (Fsp3) is 0.361. The quantitative estimate of drug-likeness (QED) is 0.230. The van der Waals surface area contributed by atoms with Gasteiger partial charge in [-0.25, -0.2) is 0 Å². The largest absolute Gasteiger partial charge is 0.307 e. The molecule has 0 fully saturated rings. The Kier molecular flexibility index (Phi) is 29.3. The van der Waals surface area contributed by atoms with Gasteiger partial charge in [-0.15, -0.1) is 0 Å². The lowest BCUT2D eigenvalue weighted by Crippen LogP contribution is -2.30. The van der Waals surface area contributed by atoms with Crippen LogP contribution in [0.3, 0.4) is 0 Å². The average molecular weight is 517 g/mol. The van der Waals surface area contributed by atoms with Gasteiger partial charge in [-0.3, -0.25) is 4.99 Å². The average Bonchev–Trinajstić information content (AvgIpc) is 2.96. The molecule has 0 saturated carbocycles. The van der Waals surface area contributed by atoms with Gasteiger partial charge in [-0.05, 0) is 67.5 Å². The van der Waals surface area contributed by atoms with E-state index in [4.69, 9.17) is 0 Å². The van der Waals surface area contributed by atoms with Crippen LogP contribution in [0, 0.1) is 5.92 Å². The van der Waals surface area contributed by atoms with Gasteiger partial charge >= 0.3 is 0 Å². The van der Waals surface area contributed by atoms with E-state index in [1.807, 2.05) is 78.0 Å². The number of hydrogen-bond donors (Lipinski definition) is 1. The van der Waals surface area contributed by atoms with Crippen LogP contribution in [0.4, 0.5) is 0 Å². The van der Waals surface area contributed by atoms with Gasteiger partial charge in [-0.1, -0.05) is 140 Å². The number of rotatable bonds is 11. The number of aliphatic imine (C=N–C) groups is 1. The van der Waals surface area contributed by atoms with Crippen LogP contribution in [-0.2, 0) is 0 Å². The number of benzene rings is 1. The summed E-state index contributed by atoms with van der Waals surface area (Å²) in [6, 6.07) is 8.35. The van der Waals surface area contributed by atoms with Gasteiger partial charge in [-0.2, -0.15) is 0 Å². The zero-order valence-electron chi connectivity index (χ0n) is 26.1. The van der Waals surface area contributed by atoms with Crippen LogP contribution in [0.5, 0.6) is 0 Å². The molecular weight excluding hydrogens is 460 g/mol. The predicted molar refractivity (Wildman–Crippen MR) is 179 cm³/mol. The Labute approximate surface area is 236 Å². The number of nitrogens with one attached hydrogen (secondary N) is 1. The van der Waals surface area contributed by atoms with Crippen molar-refractivity contribution in [1.29, 1.82) is 0 Å². The molecule has 0 aliphatic heterocycles. The van der Waals surface area contributed by atoms with Gasteiger partial charge in [0.1, 0.15) is 0 Å². The number of allylic oxidation sites excluding steroid dienone is 10. The molecule has 0 radical (unpaired) electrons. The zero-order chi connectivity index (χ0) is 29.8. The molecule has 1 rings (SSSR count). The first-order valence-corrected chi connectivity index (χ1v) is 13.9. The second-order valence-electron chi connectivity index (χ2n) is 7.92. The Bertz CT molecular complexity index is 1040. The third kappa shape index (κ3) is 18.1. The molecule has 0 aromatic heterocycles. The molecule has 0 heterocycles. The van der Waals surface area contributed by atoms with E-state index in [0.29, 0.717) is 12.5 Å². The van der Waals surface area contributed by atoms with Crippen LogP contribution in [0.25, 0.3) is 11.6 Å². The first-order valence-electron chi connectivity index (χ1n) is 13.9. The highest BCUT2D eigenvalue weighted by molar-refractivity contribution is 5.58. The minimum atomic E-state index is 0.612. The lowest BCUT2D eigenvalue weighted by Gasteiger charge is -2.08. The summed E-state index contributed by atoms with van der Waals surface area (Å²) in [6.07, 6.45) is 20.1. The smallest absolute Gasteiger partial charge is 0.0563 e. The van der Waals surface area contributed by atoms with E-state index in [9.17, 15) is 0 Å². The van der Waals surface area contributed by atoms with Crippen LogP contribution in [0.15, 0.2) is 114 Å². The molecule has 0 aliphatic carbocycles. The lowest BCUT2D eigenvalue weighted by molar-refractivity contribution is 0.789. The highest BCUT2D eigenvalue weighted by atomic mass is 14.9. The van der Waals surface area contributed by atoms with E-state index in [-0.39, 0.29) is 0 Å². The highest BCUT2D eigenvalue weighted by Crippen LogP contribution is 2.10. The monoisotopic (exact) mass is 516 g/mol. The fourth-order valence-electron chi connectivity index (χ4n) is 3.16. The van der Waals surface area contributed by atoms with Gasteiger partial charge in [0, 0.05) is 13.1 Å². The maximum atomic E-state index is 4.15. The molecule has 38 heavy (non-hydrogen) atoms. The van der Waals surface area contributed by atoms with Crippen molar-refractivity contribution in [2.45, 2.75) is 69.2 Å². The lowest BCUT2D eigenvalue weighted by atomic mass is 10.0. The topological polar surface area (TPSA) is 24.4 Å². The van der Waals surface area contributed by atoms with E-state index in [1.165, 1.54) is 21.6 Å². The van der Waals surface area contributed by atoms with E-state index in [2.05, 4.69) is 100 Å². The van der Waals surface area contributed by atoms with Gasteiger partial charge in [0.2, 0.25) is 0 Å². The van der Waals surface area contributed by atoms with Crippen LogP contribution in [0.2, 0.25) is 0 Å². The molecule has 0 atom stereocenters. The van der Waals surface area contributed by atoms with E-state index >= 15 is 0 Å². The molecule has 2 nitrogen and oxygen atoms in total. The Balaban J connectivity index is -0.000000732. The van der Waals surface area contributed by atoms with Crippen molar-refractivity contribution in [2.75, 3.05) is 13.1 Å². The molecule has 2 heteroatoms. The third-order valence-corrected chi connectivity index (χ3v) is 5.19. The minimum Gasteiger partial charge on any atom is -0.307 e. The molecule has 0 aliphatic rings. The van der Waals surface area contributed by atoms with Crippen LogP contribution in [-0.4, -0.2) is 19.8 Å².